The van der Waals surface area contributed by atoms with Crippen LogP contribution in [-0.2, 0) is 5.41 Å². The highest BCUT2D eigenvalue weighted by Gasteiger charge is 2.23. The van der Waals surface area contributed by atoms with Gasteiger partial charge in [0.25, 0.3) is 0 Å². The number of fused-ring (bicyclic) bond motifs is 1. The van der Waals surface area contributed by atoms with Gasteiger partial charge >= 0.3 is 0 Å². The fourth-order valence-electron chi connectivity index (χ4n) is 4.15. The van der Waals surface area contributed by atoms with Gasteiger partial charge in [0, 0.05) is 11.8 Å². The molecule has 0 atom stereocenters. The minimum Gasteiger partial charge on any atom is -0.256 e. The second-order valence-corrected chi connectivity index (χ2v) is 15.3. The standard InChI is InChI=1S/C28H31NSi/c1-28(2,3)25-17-22(16-21-14-10-11-15-23(21)25)26-18-24(20-12-8-7-9-13-20)27(19-29-26)30(4,5)6/h7-19H,1-6H3. The fraction of sp³-hybridized carbons (Fsp3) is 0.250. The van der Waals surface area contributed by atoms with Crippen LogP contribution in [0, 0.1) is 0 Å². The van der Waals surface area contributed by atoms with Gasteiger partial charge in [-0.1, -0.05) is 95.0 Å². The van der Waals surface area contributed by atoms with Gasteiger partial charge < -0.3 is 0 Å². The molecule has 0 aliphatic carbocycles. The third-order valence-electron chi connectivity index (χ3n) is 5.76. The van der Waals surface area contributed by atoms with Crippen LogP contribution < -0.4 is 5.19 Å². The third-order valence-corrected chi connectivity index (χ3v) is 7.78. The smallest absolute Gasteiger partial charge is 0.0804 e. The zero-order valence-electron chi connectivity index (χ0n) is 19.0. The van der Waals surface area contributed by atoms with Crippen LogP contribution in [0.3, 0.4) is 0 Å². The molecule has 1 nitrogen and oxygen atoms in total. The molecule has 0 N–H and O–H groups in total. The Hall–Kier alpha value is -2.71. The van der Waals surface area contributed by atoms with Crippen LogP contribution in [0.1, 0.15) is 26.3 Å². The van der Waals surface area contributed by atoms with Gasteiger partial charge in [0.2, 0.25) is 0 Å². The van der Waals surface area contributed by atoms with Crippen molar-refractivity contribution in [2.24, 2.45) is 0 Å². The lowest BCUT2D eigenvalue weighted by molar-refractivity contribution is 0.596. The molecule has 1 aromatic heterocycles. The Morgan fingerprint density at radius 1 is 0.733 bits per heavy atom. The number of hydrogen-bond acceptors (Lipinski definition) is 1. The van der Waals surface area contributed by atoms with Crippen molar-refractivity contribution in [2.75, 3.05) is 0 Å². The van der Waals surface area contributed by atoms with Crippen molar-refractivity contribution in [1.29, 1.82) is 0 Å². The Labute approximate surface area is 181 Å². The molecule has 3 aromatic carbocycles. The normalized spacial score (nSPS) is 12.3. The second kappa shape index (κ2) is 7.52. The molecule has 0 bridgehead atoms. The van der Waals surface area contributed by atoms with Crippen molar-refractivity contribution in [3.8, 4) is 22.4 Å². The van der Waals surface area contributed by atoms with E-state index in [0.29, 0.717) is 0 Å². The average Bonchev–Trinajstić information content (AvgIpc) is 2.72. The summed E-state index contributed by atoms with van der Waals surface area (Å²) in [5.74, 6) is 0. The van der Waals surface area contributed by atoms with Gasteiger partial charge in [-0.25, -0.2) is 0 Å². The summed E-state index contributed by atoms with van der Waals surface area (Å²) >= 11 is 0. The first kappa shape index (κ1) is 20.6. The van der Waals surface area contributed by atoms with Crippen LogP contribution in [0.4, 0.5) is 0 Å². The van der Waals surface area contributed by atoms with E-state index in [9.17, 15) is 0 Å². The van der Waals surface area contributed by atoms with E-state index in [2.05, 4.69) is 119 Å². The molecule has 0 radical (unpaired) electrons. The number of hydrogen-bond donors (Lipinski definition) is 0. The van der Waals surface area contributed by atoms with E-state index in [4.69, 9.17) is 4.98 Å². The predicted molar refractivity (Wildman–Crippen MR) is 134 cm³/mol. The van der Waals surface area contributed by atoms with E-state index < -0.39 is 8.07 Å². The zero-order valence-corrected chi connectivity index (χ0v) is 20.0. The minimum atomic E-state index is -1.53. The van der Waals surface area contributed by atoms with Gasteiger partial charge in [0.05, 0.1) is 13.8 Å². The number of nitrogens with zero attached hydrogens (tertiary/aromatic N) is 1. The minimum absolute atomic E-state index is 0.0656. The Bertz CT molecular complexity index is 1190. The molecule has 0 aliphatic rings. The summed E-state index contributed by atoms with van der Waals surface area (Å²) in [6, 6.07) is 26.4. The molecular weight excluding hydrogens is 378 g/mol. The summed E-state index contributed by atoms with van der Waals surface area (Å²) in [6.45, 7) is 14.0. The highest BCUT2D eigenvalue weighted by Crippen LogP contribution is 2.35. The van der Waals surface area contributed by atoms with E-state index in [0.717, 1.165) is 5.69 Å². The summed E-state index contributed by atoms with van der Waals surface area (Å²) in [5.41, 5.74) is 6.27. The van der Waals surface area contributed by atoms with Crippen LogP contribution in [-0.4, -0.2) is 13.1 Å². The Balaban J connectivity index is 1.97. The van der Waals surface area contributed by atoms with Gasteiger partial charge in [-0.3, -0.25) is 4.98 Å². The molecule has 0 saturated carbocycles. The largest absolute Gasteiger partial charge is 0.256 e. The van der Waals surface area contributed by atoms with Crippen LogP contribution >= 0.6 is 0 Å². The van der Waals surface area contributed by atoms with Crippen LogP contribution in [0.2, 0.25) is 19.6 Å². The van der Waals surface area contributed by atoms with Gasteiger partial charge in [-0.15, -0.1) is 0 Å². The number of pyridine rings is 1. The van der Waals surface area contributed by atoms with Crippen molar-refractivity contribution < 1.29 is 0 Å². The first-order chi connectivity index (χ1) is 14.1. The molecule has 0 unspecified atom stereocenters. The molecule has 4 aromatic rings. The molecule has 0 spiro atoms. The lowest BCUT2D eigenvalue weighted by Crippen LogP contribution is -2.39. The van der Waals surface area contributed by atoms with E-state index in [-0.39, 0.29) is 5.41 Å². The van der Waals surface area contributed by atoms with Crippen molar-refractivity contribution >= 4 is 24.0 Å². The van der Waals surface area contributed by atoms with Crippen molar-refractivity contribution in [3.05, 3.63) is 84.6 Å². The van der Waals surface area contributed by atoms with Gasteiger partial charge in [0.1, 0.15) is 0 Å². The van der Waals surface area contributed by atoms with E-state index in [1.54, 1.807) is 0 Å². The molecule has 0 fully saturated rings. The monoisotopic (exact) mass is 409 g/mol. The SMILES string of the molecule is CC(C)(C)c1cc(-c2cc(-c3ccccc3)c([Si](C)(C)C)cn2)cc2ccccc12. The predicted octanol–water partition coefficient (Wildman–Crippen LogP) is 7.41. The van der Waals surface area contributed by atoms with E-state index in [1.165, 1.54) is 38.2 Å². The third kappa shape index (κ3) is 3.97. The van der Waals surface area contributed by atoms with Crippen molar-refractivity contribution in [1.82, 2.24) is 4.98 Å². The maximum atomic E-state index is 4.97. The number of benzene rings is 3. The molecule has 30 heavy (non-hydrogen) atoms. The maximum Gasteiger partial charge on any atom is 0.0804 e. The highest BCUT2D eigenvalue weighted by molar-refractivity contribution is 6.89. The molecule has 0 amide bonds. The summed E-state index contributed by atoms with van der Waals surface area (Å²) in [4.78, 5) is 4.97. The van der Waals surface area contributed by atoms with Gasteiger partial charge in [0.15, 0.2) is 0 Å². The first-order valence-corrected chi connectivity index (χ1v) is 14.2. The molecule has 4 rings (SSSR count). The highest BCUT2D eigenvalue weighted by atomic mass is 28.3. The Morgan fingerprint density at radius 2 is 1.40 bits per heavy atom. The van der Waals surface area contributed by atoms with Crippen LogP contribution in [0.15, 0.2) is 79.0 Å². The van der Waals surface area contributed by atoms with Gasteiger partial charge in [-0.05, 0) is 56.3 Å². The number of rotatable bonds is 3. The molecule has 0 aliphatic heterocycles. The fourth-order valence-corrected chi connectivity index (χ4v) is 5.62. The van der Waals surface area contributed by atoms with Crippen molar-refractivity contribution in [2.45, 2.75) is 45.8 Å². The molecule has 0 saturated heterocycles. The van der Waals surface area contributed by atoms with Crippen molar-refractivity contribution in [3.63, 3.8) is 0 Å². The summed E-state index contributed by atoms with van der Waals surface area (Å²) in [6.07, 6.45) is 2.13. The van der Waals surface area contributed by atoms with Gasteiger partial charge in [-0.2, -0.15) is 0 Å². The Kier molecular flexibility index (Phi) is 5.15. The maximum absolute atomic E-state index is 4.97. The molecular formula is C28H31NSi. The molecule has 1 heterocycles. The molecule has 152 valence electrons. The zero-order chi connectivity index (χ0) is 21.5. The van der Waals surface area contributed by atoms with E-state index >= 15 is 0 Å². The topological polar surface area (TPSA) is 12.9 Å². The van der Waals surface area contributed by atoms with Crippen LogP contribution in [0.25, 0.3) is 33.2 Å². The lowest BCUT2D eigenvalue weighted by atomic mass is 9.82. The summed E-state index contributed by atoms with van der Waals surface area (Å²) in [7, 11) is -1.53. The second-order valence-electron chi connectivity index (χ2n) is 10.2. The summed E-state index contributed by atoms with van der Waals surface area (Å²) < 4.78 is 0. The first-order valence-electron chi connectivity index (χ1n) is 10.7. The molecule has 2 heteroatoms. The summed E-state index contributed by atoms with van der Waals surface area (Å²) in [5, 5.41) is 4.02. The quantitative estimate of drug-likeness (QED) is 0.321. The number of aromatic nitrogens is 1. The lowest BCUT2D eigenvalue weighted by Gasteiger charge is -2.24. The average molecular weight is 410 g/mol. The van der Waals surface area contributed by atoms with Crippen LogP contribution in [0.5, 0.6) is 0 Å². The van der Waals surface area contributed by atoms with E-state index in [1.807, 2.05) is 0 Å². The Morgan fingerprint density at radius 3 is 2.07 bits per heavy atom.